The van der Waals surface area contributed by atoms with Gasteiger partial charge in [-0.3, -0.25) is 4.79 Å². The summed E-state index contributed by atoms with van der Waals surface area (Å²) in [6, 6.07) is 6.55. The number of aryl methyl sites for hydroxylation is 1. The summed E-state index contributed by atoms with van der Waals surface area (Å²) in [5, 5.41) is 6.39. The quantitative estimate of drug-likeness (QED) is 0.872. The number of carbonyl (C=O) groups excluding carboxylic acids is 1. The molecule has 2 N–H and O–H groups in total. The number of anilines is 1. The predicted molar refractivity (Wildman–Crippen MR) is 87.6 cm³/mol. The van der Waals surface area contributed by atoms with Crippen LogP contribution >= 0.6 is 0 Å². The molecule has 0 atom stereocenters. The van der Waals surface area contributed by atoms with Crippen molar-refractivity contribution in [2.75, 3.05) is 31.1 Å². The first-order valence-electron chi connectivity index (χ1n) is 7.88. The van der Waals surface area contributed by atoms with Gasteiger partial charge in [-0.1, -0.05) is 26.0 Å². The third-order valence-corrected chi connectivity index (χ3v) is 3.75. The van der Waals surface area contributed by atoms with Gasteiger partial charge in [0.1, 0.15) is 0 Å². The minimum Gasteiger partial charge on any atom is -0.362 e. The third-order valence-electron chi connectivity index (χ3n) is 3.75. The zero-order valence-corrected chi connectivity index (χ0v) is 13.4. The number of benzene rings is 1. The molecule has 1 aliphatic rings. The van der Waals surface area contributed by atoms with E-state index in [0.717, 1.165) is 32.6 Å². The Morgan fingerprint density at radius 3 is 2.90 bits per heavy atom. The maximum Gasteiger partial charge on any atom is 0.239 e. The molecule has 0 saturated carbocycles. The summed E-state index contributed by atoms with van der Waals surface area (Å²) in [4.78, 5) is 13.9. The Hall–Kier alpha value is -1.55. The average molecular weight is 289 g/mol. The fraction of sp³-hybridized carbons (Fsp3) is 0.588. The van der Waals surface area contributed by atoms with Crippen LogP contribution in [0, 0.1) is 12.8 Å². The normalized spacial score (nSPS) is 16.0. The van der Waals surface area contributed by atoms with Gasteiger partial charge in [-0.05, 0) is 43.0 Å². The molecule has 0 unspecified atom stereocenters. The smallest absolute Gasteiger partial charge is 0.239 e. The minimum absolute atomic E-state index is 0.120. The first kappa shape index (κ1) is 15.8. The molecule has 1 aromatic rings. The summed E-state index contributed by atoms with van der Waals surface area (Å²) in [7, 11) is 0. The van der Waals surface area contributed by atoms with Crippen LogP contribution in [0.3, 0.4) is 0 Å². The highest BCUT2D eigenvalue weighted by atomic mass is 16.2. The highest BCUT2D eigenvalue weighted by Gasteiger charge is 2.16. The molecule has 1 amide bonds. The lowest BCUT2D eigenvalue weighted by Crippen LogP contribution is -2.33. The number of nitrogens with zero attached hydrogens (tertiary/aromatic N) is 1. The topological polar surface area (TPSA) is 44.4 Å². The number of carbonyl (C=O) groups is 1. The van der Waals surface area contributed by atoms with Gasteiger partial charge < -0.3 is 15.5 Å². The van der Waals surface area contributed by atoms with E-state index in [4.69, 9.17) is 0 Å². The number of rotatable bonds is 5. The highest BCUT2D eigenvalue weighted by Crippen LogP contribution is 2.22. The maximum atomic E-state index is 11.7. The van der Waals surface area contributed by atoms with Crippen LogP contribution in [0.15, 0.2) is 18.2 Å². The van der Waals surface area contributed by atoms with Crippen molar-refractivity contribution in [2.45, 2.75) is 33.7 Å². The average Bonchev–Trinajstić information content (AvgIpc) is 2.63. The van der Waals surface area contributed by atoms with Gasteiger partial charge in [0.2, 0.25) is 5.91 Å². The van der Waals surface area contributed by atoms with Gasteiger partial charge in [0.05, 0.1) is 6.54 Å². The zero-order valence-electron chi connectivity index (χ0n) is 13.4. The van der Waals surface area contributed by atoms with Crippen LogP contribution in [0.4, 0.5) is 5.69 Å². The molecule has 1 aromatic carbocycles. The van der Waals surface area contributed by atoms with Crippen LogP contribution in [0.25, 0.3) is 0 Å². The standard InChI is InChI=1S/C17H27N3O/c1-13(2)10-18-11-15-5-6-16(14(3)9-15)20-8-4-7-19-17(21)12-20/h5-6,9,13,18H,4,7-8,10-12H2,1-3H3,(H,19,21). The summed E-state index contributed by atoms with van der Waals surface area (Å²) in [6.07, 6.45) is 1.00. The van der Waals surface area contributed by atoms with Crippen molar-refractivity contribution in [1.29, 1.82) is 0 Å². The lowest BCUT2D eigenvalue weighted by Gasteiger charge is -2.24. The second-order valence-corrected chi connectivity index (χ2v) is 6.27. The third kappa shape index (κ3) is 4.74. The van der Waals surface area contributed by atoms with Crippen LogP contribution in [0.2, 0.25) is 0 Å². The summed E-state index contributed by atoms with van der Waals surface area (Å²) >= 11 is 0. The predicted octanol–water partition coefficient (Wildman–Crippen LogP) is 2.07. The molecule has 0 aliphatic carbocycles. The van der Waals surface area contributed by atoms with Gasteiger partial charge >= 0.3 is 0 Å². The summed E-state index contributed by atoms with van der Waals surface area (Å²) in [6.45, 7) is 10.7. The van der Waals surface area contributed by atoms with Crippen molar-refractivity contribution in [3.63, 3.8) is 0 Å². The Balaban J connectivity index is 2.02. The Morgan fingerprint density at radius 1 is 1.38 bits per heavy atom. The van der Waals surface area contributed by atoms with E-state index in [1.165, 1.54) is 16.8 Å². The molecule has 1 fully saturated rings. The molecule has 0 bridgehead atoms. The Morgan fingerprint density at radius 2 is 2.19 bits per heavy atom. The summed E-state index contributed by atoms with van der Waals surface area (Å²) < 4.78 is 0. The molecule has 116 valence electrons. The molecule has 0 radical (unpaired) electrons. The lowest BCUT2D eigenvalue weighted by atomic mass is 10.1. The van der Waals surface area contributed by atoms with Crippen LogP contribution in [-0.2, 0) is 11.3 Å². The lowest BCUT2D eigenvalue weighted by molar-refractivity contribution is -0.119. The number of hydrogen-bond donors (Lipinski definition) is 2. The van der Waals surface area contributed by atoms with Crippen molar-refractivity contribution in [3.05, 3.63) is 29.3 Å². The largest absolute Gasteiger partial charge is 0.362 e. The number of hydrogen-bond acceptors (Lipinski definition) is 3. The summed E-state index contributed by atoms with van der Waals surface area (Å²) in [5.74, 6) is 0.788. The van der Waals surface area contributed by atoms with E-state index in [2.05, 4.69) is 54.5 Å². The fourth-order valence-corrected chi connectivity index (χ4v) is 2.70. The van der Waals surface area contributed by atoms with Crippen molar-refractivity contribution in [2.24, 2.45) is 5.92 Å². The molecule has 1 heterocycles. The van der Waals surface area contributed by atoms with E-state index in [-0.39, 0.29) is 5.91 Å². The monoisotopic (exact) mass is 289 g/mol. The molecule has 4 heteroatoms. The van der Waals surface area contributed by atoms with E-state index < -0.39 is 0 Å². The van der Waals surface area contributed by atoms with E-state index >= 15 is 0 Å². The first-order chi connectivity index (χ1) is 10.1. The highest BCUT2D eigenvalue weighted by molar-refractivity contribution is 5.82. The van der Waals surface area contributed by atoms with E-state index in [9.17, 15) is 4.79 Å². The van der Waals surface area contributed by atoms with Gasteiger partial charge in [0.25, 0.3) is 0 Å². The first-order valence-corrected chi connectivity index (χ1v) is 7.88. The van der Waals surface area contributed by atoms with Crippen LogP contribution in [0.1, 0.15) is 31.4 Å². The van der Waals surface area contributed by atoms with E-state index in [0.29, 0.717) is 12.5 Å². The molecule has 1 aliphatic heterocycles. The molecule has 21 heavy (non-hydrogen) atoms. The molecule has 0 spiro atoms. The van der Waals surface area contributed by atoms with Gasteiger partial charge in [-0.2, -0.15) is 0 Å². The molecular formula is C17H27N3O. The van der Waals surface area contributed by atoms with Crippen molar-refractivity contribution in [3.8, 4) is 0 Å². The Bertz CT molecular complexity index is 485. The minimum atomic E-state index is 0.120. The molecule has 2 rings (SSSR count). The van der Waals surface area contributed by atoms with Gasteiger partial charge in [0, 0.05) is 25.3 Å². The van der Waals surface area contributed by atoms with E-state index in [1.54, 1.807) is 0 Å². The maximum absolute atomic E-state index is 11.7. The molecular weight excluding hydrogens is 262 g/mol. The second kappa shape index (κ2) is 7.46. The zero-order chi connectivity index (χ0) is 15.2. The molecule has 0 aromatic heterocycles. The van der Waals surface area contributed by atoms with Crippen molar-refractivity contribution < 1.29 is 4.79 Å². The van der Waals surface area contributed by atoms with Crippen molar-refractivity contribution in [1.82, 2.24) is 10.6 Å². The fourth-order valence-electron chi connectivity index (χ4n) is 2.70. The van der Waals surface area contributed by atoms with Gasteiger partial charge in [-0.15, -0.1) is 0 Å². The second-order valence-electron chi connectivity index (χ2n) is 6.27. The Labute approximate surface area is 127 Å². The van der Waals surface area contributed by atoms with Crippen LogP contribution in [-0.4, -0.2) is 32.1 Å². The van der Waals surface area contributed by atoms with Crippen molar-refractivity contribution >= 4 is 11.6 Å². The molecule has 4 nitrogen and oxygen atoms in total. The number of amides is 1. The SMILES string of the molecule is Cc1cc(CNCC(C)C)ccc1N1CCCNC(=O)C1. The van der Waals surface area contributed by atoms with Crippen LogP contribution < -0.4 is 15.5 Å². The van der Waals surface area contributed by atoms with Crippen LogP contribution in [0.5, 0.6) is 0 Å². The van der Waals surface area contributed by atoms with Gasteiger partial charge in [0.15, 0.2) is 0 Å². The number of nitrogens with one attached hydrogen (secondary N) is 2. The summed E-state index contributed by atoms with van der Waals surface area (Å²) in [5.41, 5.74) is 3.73. The van der Waals surface area contributed by atoms with E-state index in [1.807, 2.05) is 0 Å². The molecule has 1 saturated heterocycles. The van der Waals surface area contributed by atoms with Gasteiger partial charge in [-0.25, -0.2) is 0 Å². The Kier molecular flexibility index (Phi) is 5.62.